The summed E-state index contributed by atoms with van der Waals surface area (Å²) in [6.07, 6.45) is 0. The fourth-order valence-electron chi connectivity index (χ4n) is 2.41. The molecule has 3 rings (SSSR count). The summed E-state index contributed by atoms with van der Waals surface area (Å²) in [4.78, 5) is 24.0. The predicted molar refractivity (Wildman–Crippen MR) is 85.2 cm³/mol. The zero-order valence-corrected chi connectivity index (χ0v) is 12.7. The van der Waals surface area contributed by atoms with Gasteiger partial charge in [0, 0.05) is 23.4 Å². The molecule has 1 amide bonds. The normalized spacial score (nSPS) is 11.1. The first-order valence-corrected chi connectivity index (χ1v) is 7.17. The molecule has 0 saturated heterocycles. The van der Waals surface area contributed by atoms with Gasteiger partial charge in [-0.25, -0.2) is 9.18 Å². The second kappa shape index (κ2) is 5.72. The average molecular weight is 314 g/mol. The molecule has 5 nitrogen and oxygen atoms in total. The van der Waals surface area contributed by atoms with Gasteiger partial charge in [0.2, 0.25) is 0 Å². The van der Waals surface area contributed by atoms with E-state index in [1.807, 2.05) is 13.8 Å². The first-order chi connectivity index (χ1) is 11.0. The lowest BCUT2D eigenvalue weighted by molar-refractivity contribution is 0.102. The number of aromatic nitrogens is 1. The third kappa shape index (κ3) is 2.88. The number of oxazole rings is 1. The van der Waals surface area contributed by atoms with Crippen LogP contribution < -0.4 is 11.1 Å². The smallest absolute Gasteiger partial charge is 0.408 e. The van der Waals surface area contributed by atoms with Crippen molar-refractivity contribution in [3.8, 4) is 0 Å². The molecule has 0 fully saturated rings. The lowest BCUT2D eigenvalue weighted by atomic mass is 10.2. The maximum atomic E-state index is 12.9. The van der Waals surface area contributed by atoms with Crippen molar-refractivity contribution in [2.24, 2.45) is 0 Å². The first-order valence-electron chi connectivity index (χ1n) is 7.17. The summed E-state index contributed by atoms with van der Waals surface area (Å²) in [5.41, 5.74) is 1.91. The summed E-state index contributed by atoms with van der Waals surface area (Å²) in [7, 11) is 0. The molecule has 0 aliphatic heterocycles. The molecule has 0 aliphatic carbocycles. The Hall–Kier alpha value is -2.89. The third-order valence-electron chi connectivity index (χ3n) is 3.49. The third-order valence-corrected chi connectivity index (χ3v) is 3.49. The van der Waals surface area contributed by atoms with Crippen molar-refractivity contribution in [3.05, 3.63) is 64.4 Å². The van der Waals surface area contributed by atoms with Crippen LogP contribution in [-0.2, 0) is 0 Å². The van der Waals surface area contributed by atoms with E-state index in [-0.39, 0.29) is 11.9 Å². The Morgan fingerprint density at radius 3 is 2.52 bits per heavy atom. The zero-order chi connectivity index (χ0) is 16.6. The number of hydrogen-bond donors (Lipinski definition) is 1. The fraction of sp³-hybridized carbons (Fsp3) is 0.176. The summed E-state index contributed by atoms with van der Waals surface area (Å²) < 4.78 is 19.6. The van der Waals surface area contributed by atoms with E-state index in [2.05, 4.69) is 5.32 Å². The molecule has 118 valence electrons. The highest BCUT2D eigenvalue weighted by Gasteiger charge is 2.13. The molecule has 0 atom stereocenters. The number of carbonyl (C=O) groups excluding carboxylic acids is 1. The van der Waals surface area contributed by atoms with Crippen LogP contribution in [0.2, 0.25) is 0 Å². The molecule has 0 bridgehead atoms. The first kappa shape index (κ1) is 15.0. The van der Waals surface area contributed by atoms with E-state index in [1.165, 1.54) is 24.3 Å². The second-order valence-corrected chi connectivity index (χ2v) is 5.48. The van der Waals surface area contributed by atoms with Crippen LogP contribution >= 0.6 is 0 Å². The summed E-state index contributed by atoms with van der Waals surface area (Å²) in [5.74, 6) is -1.20. The molecule has 0 spiro atoms. The molecule has 23 heavy (non-hydrogen) atoms. The minimum absolute atomic E-state index is 0.0246. The number of halogens is 1. The minimum atomic E-state index is -0.433. The highest BCUT2D eigenvalue weighted by atomic mass is 19.1. The Bertz CT molecular complexity index is 923. The van der Waals surface area contributed by atoms with E-state index in [4.69, 9.17) is 4.42 Å². The molecule has 0 aliphatic rings. The van der Waals surface area contributed by atoms with E-state index in [9.17, 15) is 14.0 Å². The molecule has 0 saturated carbocycles. The summed E-state index contributed by atoms with van der Waals surface area (Å²) >= 11 is 0. The van der Waals surface area contributed by atoms with Gasteiger partial charge in [-0.1, -0.05) is 0 Å². The number of nitrogens with zero attached hydrogens (tertiary/aromatic N) is 1. The molecular formula is C17H15FN2O3. The number of amides is 1. The van der Waals surface area contributed by atoms with Crippen LogP contribution in [0.5, 0.6) is 0 Å². The molecule has 2 aromatic carbocycles. The van der Waals surface area contributed by atoms with Crippen molar-refractivity contribution >= 4 is 22.7 Å². The Labute approximate surface area is 131 Å². The van der Waals surface area contributed by atoms with Gasteiger partial charge >= 0.3 is 5.76 Å². The molecule has 1 N–H and O–H groups in total. The van der Waals surface area contributed by atoms with Crippen molar-refractivity contribution in [2.75, 3.05) is 5.32 Å². The number of carbonyl (C=O) groups is 1. The van der Waals surface area contributed by atoms with Gasteiger partial charge in [-0.05, 0) is 50.2 Å². The standard InChI is InChI=1S/C17H15FN2O3/c1-10(2)20-14-8-7-13(9-15(14)23-17(20)22)19-16(21)11-3-5-12(18)6-4-11/h3-10H,1-2H3,(H,19,21). The Morgan fingerprint density at radius 2 is 1.87 bits per heavy atom. The molecule has 3 aromatic rings. The lowest BCUT2D eigenvalue weighted by Crippen LogP contribution is -2.15. The highest BCUT2D eigenvalue weighted by Crippen LogP contribution is 2.21. The topological polar surface area (TPSA) is 64.2 Å². The van der Waals surface area contributed by atoms with Crippen LogP contribution in [-0.4, -0.2) is 10.5 Å². The number of fused-ring (bicyclic) bond motifs is 1. The summed E-state index contributed by atoms with van der Waals surface area (Å²) in [6.45, 7) is 3.78. The Kier molecular flexibility index (Phi) is 3.73. The monoisotopic (exact) mass is 314 g/mol. The van der Waals surface area contributed by atoms with Crippen molar-refractivity contribution < 1.29 is 13.6 Å². The van der Waals surface area contributed by atoms with E-state index >= 15 is 0 Å². The predicted octanol–water partition coefficient (Wildman–Crippen LogP) is 3.57. The maximum absolute atomic E-state index is 12.9. The van der Waals surface area contributed by atoms with Crippen LogP contribution in [0.25, 0.3) is 11.1 Å². The van der Waals surface area contributed by atoms with Crippen molar-refractivity contribution in [1.82, 2.24) is 4.57 Å². The maximum Gasteiger partial charge on any atom is 0.420 e. The molecule has 0 unspecified atom stereocenters. The average Bonchev–Trinajstić information content (AvgIpc) is 2.83. The van der Waals surface area contributed by atoms with Crippen LogP contribution in [0.3, 0.4) is 0 Å². The zero-order valence-electron chi connectivity index (χ0n) is 12.7. The van der Waals surface area contributed by atoms with Crippen LogP contribution in [0.4, 0.5) is 10.1 Å². The molecule has 1 aromatic heterocycles. The van der Waals surface area contributed by atoms with E-state index in [0.29, 0.717) is 22.4 Å². The molecular weight excluding hydrogens is 299 g/mol. The van der Waals surface area contributed by atoms with Crippen molar-refractivity contribution in [1.29, 1.82) is 0 Å². The van der Waals surface area contributed by atoms with Crippen LogP contribution in [0.1, 0.15) is 30.2 Å². The van der Waals surface area contributed by atoms with Gasteiger partial charge < -0.3 is 9.73 Å². The number of benzene rings is 2. The SMILES string of the molecule is CC(C)n1c(=O)oc2cc(NC(=O)c3ccc(F)cc3)ccc21. The molecule has 1 heterocycles. The number of hydrogen-bond acceptors (Lipinski definition) is 3. The van der Waals surface area contributed by atoms with Gasteiger partial charge in [0.1, 0.15) is 5.82 Å². The summed E-state index contributed by atoms with van der Waals surface area (Å²) in [5, 5.41) is 2.70. The van der Waals surface area contributed by atoms with E-state index in [1.54, 1.807) is 22.8 Å². The van der Waals surface area contributed by atoms with Gasteiger partial charge in [-0.2, -0.15) is 0 Å². The van der Waals surface area contributed by atoms with Crippen LogP contribution in [0, 0.1) is 5.82 Å². The molecule has 6 heteroatoms. The number of anilines is 1. The van der Waals surface area contributed by atoms with Crippen molar-refractivity contribution in [2.45, 2.75) is 19.9 Å². The minimum Gasteiger partial charge on any atom is -0.408 e. The van der Waals surface area contributed by atoms with Gasteiger partial charge in [-0.3, -0.25) is 9.36 Å². The van der Waals surface area contributed by atoms with Gasteiger partial charge in [0.15, 0.2) is 5.58 Å². The van der Waals surface area contributed by atoms with Gasteiger partial charge in [0.25, 0.3) is 5.91 Å². The summed E-state index contributed by atoms with van der Waals surface area (Å²) in [6, 6.07) is 10.2. The van der Waals surface area contributed by atoms with Gasteiger partial charge in [0.05, 0.1) is 5.52 Å². The Balaban J connectivity index is 1.91. The number of rotatable bonds is 3. The quantitative estimate of drug-likeness (QED) is 0.804. The largest absolute Gasteiger partial charge is 0.420 e. The Morgan fingerprint density at radius 1 is 1.17 bits per heavy atom. The second-order valence-electron chi connectivity index (χ2n) is 5.48. The highest BCUT2D eigenvalue weighted by molar-refractivity contribution is 6.04. The molecule has 0 radical (unpaired) electrons. The fourth-order valence-corrected chi connectivity index (χ4v) is 2.41. The lowest BCUT2D eigenvalue weighted by Gasteiger charge is -2.07. The van der Waals surface area contributed by atoms with Crippen molar-refractivity contribution in [3.63, 3.8) is 0 Å². The van der Waals surface area contributed by atoms with E-state index in [0.717, 1.165) is 0 Å². The number of nitrogens with one attached hydrogen (secondary N) is 1. The van der Waals surface area contributed by atoms with E-state index < -0.39 is 11.6 Å². The van der Waals surface area contributed by atoms with Crippen LogP contribution in [0.15, 0.2) is 51.7 Å². The van der Waals surface area contributed by atoms with Gasteiger partial charge in [-0.15, -0.1) is 0 Å².